The molecule has 10 heteroatoms. The molecule has 28 heavy (non-hydrogen) atoms. The predicted molar refractivity (Wildman–Crippen MR) is 109 cm³/mol. The quantitative estimate of drug-likeness (QED) is 0.701. The third-order valence-corrected chi connectivity index (χ3v) is 5.64. The van der Waals surface area contributed by atoms with Gasteiger partial charge in [0.25, 0.3) is 0 Å². The molecule has 1 aliphatic rings. The van der Waals surface area contributed by atoms with Crippen LogP contribution in [0.15, 0.2) is 30.6 Å². The number of carbonyl (C=O) groups is 1. The Morgan fingerprint density at radius 3 is 2.86 bits per heavy atom. The fraction of sp³-hybridized carbons (Fsp3) is 0.333. The molecule has 2 amide bonds. The van der Waals surface area contributed by atoms with E-state index in [1.807, 2.05) is 18.2 Å². The molecule has 3 aromatic rings. The van der Waals surface area contributed by atoms with Crippen molar-refractivity contribution in [1.82, 2.24) is 24.8 Å². The molecular weight excluding hydrogens is 400 g/mol. The minimum Gasteiger partial charge on any atom is -0.479 e. The highest BCUT2D eigenvalue weighted by molar-refractivity contribution is 7.22. The summed E-state index contributed by atoms with van der Waals surface area (Å²) in [5, 5.41) is 4.09. The van der Waals surface area contributed by atoms with Crippen LogP contribution in [0.3, 0.4) is 0 Å². The summed E-state index contributed by atoms with van der Waals surface area (Å²) in [6.45, 7) is 3.74. The molecule has 1 fully saturated rings. The summed E-state index contributed by atoms with van der Waals surface area (Å²) in [7, 11) is 1.53. The zero-order valence-electron chi connectivity index (χ0n) is 15.3. The molecule has 4 rings (SSSR count). The van der Waals surface area contributed by atoms with Crippen LogP contribution < -0.4 is 10.1 Å². The maximum atomic E-state index is 12.6. The third kappa shape index (κ3) is 4.16. The van der Waals surface area contributed by atoms with Crippen LogP contribution in [0.2, 0.25) is 5.02 Å². The first kappa shape index (κ1) is 18.9. The first-order valence-electron chi connectivity index (χ1n) is 8.80. The van der Waals surface area contributed by atoms with Crippen LogP contribution in [0.5, 0.6) is 5.88 Å². The van der Waals surface area contributed by atoms with Gasteiger partial charge in [-0.05, 0) is 17.7 Å². The lowest BCUT2D eigenvalue weighted by molar-refractivity contribution is 0.143. The van der Waals surface area contributed by atoms with Crippen molar-refractivity contribution in [2.45, 2.75) is 6.54 Å². The van der Waals surface area contributed by atoms with E-state index in [0.717, 1.165) is 24.7 Å². The Labute approximate surface area is 171 Å². The Bertz CT molecular complexity index is 989. The number of aromatic nitrogens is 3. The van der Waals surface area contributed by atoms with Crippen LogP contribution >= 0.6 is 22.9 Å². The van der Waals surface area contributed by atoms with Gasteiger partial charge in [0.15, 0.2) is 15.5 Å². The first-order valence-corrected chi connectivity index (χ1v) is 10.00. The Hall–Kier alpha value is -2.49. The van der Waals surface area contributed by atoms with E-state index in [4.69, 9.17) is 16.3 Å². The smallest absolute Gasteiger partial charge is 0.323 e. The van der Waals surface area contributed by atoms with Crippen molar-refractivity contribution in [3.63, 3.8) is 0 Å². The molecule has 1 aromatic carbocycles. The number of rotatable bonds is 4. The van der Waals surface area contributed by atoms with Crippen LogP contribution in [0.4, 0.5) is 9.93 Å². The number of benzene rings is 1. The molecule has 3 heterocycles. The lowest BCUT2D eigenvalue weighted by Crippen LogP contribution is -2.49. The SMILES string of the molecule is COc1ncnc2sc(NC(=O)N3CCN(Cc4cccc(Cl)c4)CC3)nc12. The molecule has 1 N–H and O–H groups in total. The summed E-state index contributed by atoms with van der Waals surface area (Å²) < 4.78 is 5.19. The highest BCUT2D eigenvalue weighted by Gasteiger charge is 2.22. The molecule has 0 atom stereocenters. The number of methoxy groups -OCH3 is 1. The highest BCUT2D eigenvalue weighted by atomic mass is 35.5. The zero-order valence-corrected chi connectivity index (χ0v) is 16.8. The fourth-order valence-corrected chi connectivity index (χ4v) is 4.11. The summed E-state index contributed by atoms with van der Waals surface area (Å²) in [5.74, 6) is 0.399. The van der Waals surface area contributed by atoms with E-state index in [2.05, 4.69) is 31.2 Å². The van der Waals surface area contributed by atoms with Crippen molar-refractivity contribution in [2.75, 3.05) is 38.6 Å². The minimum atomic E-state index is -0.159. The third-order valence-electron chi connectivity index (χ3n) is 4.52. The molecule has 2 aromatic heterocycles. The van der Waals surface area contributed by atoms with Crippen molar-refractivity contribution in [3.8, 4) is 5.88 Å². The number of ether oxygens (including phenoxy) is 1. The molecule has 0 bridgehead atoms. The number of hydrogen-bond donors (Lipinski definition) is 1. The standard InChI is InChI=1S/C18H19ClN6O2S/c1-27-15-14-16(21-11-20-15)28-17(22-14)23-18(26)25-7-5-24(6-8-25)10-12-3-2-4-13(19)9-12/h2-4,9,11H,5-8,10H2,1H3,(H,22,23,26). The number of thiazole rings is 1. The molecule has 0 spiro atoms. The second kappa shape index (κ2) is 8.26. The maximum Gasteiger partial charge on any atom is 0.323 e. The number of carbonyl (C=O) groups excluding carboxylic acids is 1. The van der Waals surface area contributed by atoms with Gasteiger partial charge in [-0.15, -0.1) is 0 Å². The molecule has 0 unspecified atom stereocenters. The van der Waals surface area contributed by atoms with Gasteiger partial charge in [0, 0.05) is 37.7 Å². The van der Waals surface area contributed by atoms with Crippen LogP contribution in [0.1, 0.15) is 5.56 Å². The molecular formula is C18H19ClN6O2S. The van der Waals surface area contributed by atoms with Gasteiger partial charge in [0.2, 0.25) is 5.88 Å². The van der Waals surface area contributed by atoms with Crippen LogP contribution in [0.25, 0.3) is 10.3 Å². The molecule has 8 nitrogen and oxygen atoms in total. The van der Waals surface area contributed by atoms with Crippen molar-refractivity contribution in [1.29, 1.82) is 0 Å². The van der Waals surface area contributed by atoms with Crippen molar-refractivity contribution in [3.05, 3.63) is 41.2 Å². The number of halogens is 1. The summed E-state index contributed by atoms with van der Waals surface area (Å²) >= 11 is 7.35. The molecule has 1 aliphatic heterocycles. The summed E-state index contributed by atoms with van der Waals surface area (Å²) in [6.07, 6.45) is 1.42. The Morgan fingerprint density at radius 1 is 1.29 bits per heavy atom. The number of nitrogens with zero attached hydrogens (tertiary/aromatic N) is 5. The highest BCUT2D eigenvalue weighted by Crippen LogP contribution is 2.29. The van der Waals surface area contributed by atoms with Crippen molar-refractivity contribution >= 4 is 44.4 Å². The summed E-state index contributed by atoms with van der Waals surface area (Å²) in [6, 6.07) is 7.71. The van der Waals surface area contributed by atoms with Crippen LogP contribution in [0, 0.1) is 0 Å². The second-order valence-electron chi connectivity index (χ2n) is 6.38. The van der Waals surface area contributed by atoms with Gasteiger partial charge in [-0.25, -0.2) is 14.8 Å². The lowest BCUT2D eigenvalue weighted by Gasteiger charge is -2.34. The number of urea groups is 1. The predicted octanol–water partition coefficient (Wildman–Crippen LogP) is 3.10. The summed E-state index contributed by atoms with van der Waals surface area (Å²) in [4.78, 5) is 30.0. The van der Waals surface area contributed by atoms with Gasteiger partial charge >= 0.3 is 6.03 Å². The van der Waals surface area contributed by atoms with E-state index in [1.165, 1.54) is 30.3 Å². The number of piperazine rings is 1. The topological polar surface area (TPSA) is 83.5 Å². The van der Waals surface area contributed by atoms with E-state index >= 15 is 0 Å². The maximum absolute atomic E-state index is 12.6. The van der Waals surface area contributed by atoms with E-state index in [0.29, 0.717) is 34.4 Å². The monoisotopic (exact) mass is 418 g/mol. The fourth-order valence-electron chi connectivity index (χ4n) is 3.11. The Morgan fingerprint density at radius 2 is 2.11 bits per heavy atom. The average Bonchev–Trinajstić information content (AvgIpc) is 3.11. The number of anilines is 1. The van der Waals surface area contributed by atoms with Gasteiger partial charge in [-0.1, -0.05) is 35.1 Å². The Kier molecular flexibility index (Phi) is 5.56. The lowest BCUT2D eigenvalue weighted by atomic mass is 10.2. The van der Waals surface area contributed by atoms with Gasteiger partial charge in [0.05, 0.1) is 7.11 Å². The van der Waals surface area contributed by atoms with E-state index < -0.39 is 0 Å². The number of fused-ring (bicyclic) bond motifs is 1. The van der Waals surface area contributed by atoms with Gasteiger partial charge < -0.3 is 9.64 Å². The van der Waals surface area contributed by atoms with Gasteiger partial charge in [-0.2, -0.15) is 4.98 Å². The van der Waals surface area contributed by atoms with E-state index in [-0.39, 0.29) is 6.03 Å². The Balaban J connectivity index is 1.34. The van der Waals surface area contributed by atoms with E-state index in [1.54, 1.807) is 4.90 Å². The number of amides is 2. The zero-order chi connectivity index (χ0) is 19.5. The average molecular weight is 419 g/mol. The normalized spacial score (nSPS) is 15.0. The largest absolute Gasteiger partial charge is 0.479 e. The second-order valence-corrected chi connectivity index (χ2v) is 7.79. The number of nitrogens with one attached hydrogen (secondary N) is 1. The minimum absolute atomic E-state index is 0.159. The van der Waals surface area contributed by atoms with Gasteiger partial charge in [-0.3, -0.25) is 10.2 Å². The van der Waals surface area contributed by atoms with Crippen LogP contribution in [-0.4, -0.2) is 64.1 Å². The van der Waals surface area contributed by atoms with Crippen molar-refractivity contribution in [2.24, 2.45) is 0 Å². The number of hydrogen-bond acceptors (Lipinski definition) is 7. The van der Waals surface area contributed by atoms with Crippen molar-refractivity contribution < 1.29 is 9.53 Å². The first-order chi connectivity index (χ1) is 13.6. The summed E-state index contributed by atoms with van der Waals surface area (Å²) in [5.41, 5.74) is 1.73. The molecule has 146 valence electrons. The van der Waals surface area contributed by atoms with E-state index in [9.17, 15) is 4.79 Å². The molecule has 0 saturated carbocycles. The molecule has 0 radical (unpaired) electrons. The molecule has 1 saturated heterocycles. The van der Waals surface area contributed by atoms with Crippen LogP contribution in [-0.2, 0) is 6.54 Å². The van der Waals surface area contributed by atoms with Gasteiger partial charge in [0.1, 0.15) is 6.33 Å². The molecule has 0 aliphatic carbocycles.